The standard InChI is InChI=1S/C19H23FN4O5S/c1-12-21-18(29-22-12)19-8-14(7-13(19)9-24(11-19)17(25)10-28-2)23-30(26,27)16-6-4-3-5-15(16)20/h3-6,13-14,23H,7-11H2,1-2H3/t13-,14+,19-/m0/s1. The highest BCUT2D eigenvalue weighted by Gasteiger charge is 2.58. The first kappa shape index (κ1) is 20.9. The van der Waals surface area contributed by atoms with Crippen LogP contribution >= 0.6 is 0 Å². The van der Waals surface area contributed by atoms with Crippen molar-refractivity contribution in [3.05, 3.63) is 41.8 Å². The van der Waals surface area contributed by atoms with Crippen molar-refractivity contribution < 1.29 is 26.9 Å². The average Bonchev–Trinajstić information content (AvgIpc) is 3.34. The molecule has 11 heteroatoms. The number of fused-ring (bicyclic) bond motifs is 1. The highest BCUT2D eigenvalue weighted by Crippen LogP contribution is 2.50. The third kappa shape index (κ3) is 3.61. The van der Waals surface area contributed by atoms with Crippen LogP contribution in [0.5, 0.6) is 0 Å². The molecule has 4 rings (SSSR count). The number of halogens is 1. The van der Waals surface area contributed by atoms with Gasteiger partial charge in [-0.15, -0.1) is 0 Å². The number of carbonyl (C=O) groups excluding carboxylic acids is 1. The Kier molecular flexibility index (Phi) is 5.37. The molecule has 1 aliphatic carbocycles. The van der Waals surface area contributed by atoms with Gasteiger partial charge < -0.3 is 14.2 Å². The number of rotatable bonds is 6. The van der Waals surface area contributed by atoms with Crippen LogP contribution in [0, 0.1) is 18.7 Å². The number of carbonyl (C=O) groups is 1. The van der Waals surface area contributed by atoms with Gasteiger partial charge in [0.2, 0.25) is 21.8 Å². The van der Waals surface area contributed by atoms with Gasteiger partial charge in [0.05, 0.1) is 5.41 Å². The summed E-state index contributed by atoms with van der Waals surface area (Å²) in [6.07, 6.45) is 0.829. The van der Waals surface area contributed by atoms with Crippen molar-refractivity contribution in [3.63, 3.8) is 0 Å². The van der Waals surface area contributed by atoms with Gasteiger partial charge in [-0.25, -0.2) is 17.5 Å². The van der Waals surface area contributed by atoms with Crippen LogP contribution < -0.4 is 4.72 Å². The number of aryl methyl sites for hydroxylation is 1. The topological polar surface area (TPSA) is 115 Å². The average molecular weight is 438 g/mol. The maximum absolute atomic E-state index is 14.0. The van der Waals surface area contributed by atoms with Crippen LogP contribution in [-0.2, 0) is 25.0 Å². The Morgan fingerprint density at radius 3 is 2.87 bits per heavy atom. The summed E-state index contributed by atoms with van der Waals surface area (Å²) in [4.78, 5) is 18.1. The largest absolute Gasteiger partial charge is 0.375 e. The van der Waals surface area contributed by atoms with Gasteiger partial charge in [0, 0.05) is 26.2 Å². The van der Waals surface area contributed by atoms with Gasteiger partial charge in [-0.3, -0.25) is 4.79 Å². The molecule has 0 unspecified atom stereocenters. The Hall–Kier alpha value is -2.37. The van der Waals surface area contributed by atoms with Crippen molar-refractivity contribution in [1.82, 2.24) is 19.8 Å². The van der Waals surface area contributed by atoms with Gasteiger partial charge >= 0.3 is 0 Å². The van der Waals surface area contributed by atoms with Gasteiger partial charge in [0.1, 0.15) is 17.3 Å². The van der Waals surface area contributed by atoms with Gasteiger partial charge in [0.25, 0.3) is 0 Å². The summed E-state index contributed by atoms with van der Waals surface area (Å²) in [6.45, 7) is 2.44. The minimum Gasteiger partial charge on any atom is -0.375 e. The van der Waals surface area contributed by atoms with Crippen LogP contribution in [-0.4, -0.2) is 62.2 Å². The van der Waals surface area contributed by atoms with Crippen LogP contribution in [0.25, 0.3) is 0 Å². The van der Waals surface area contributed by atoms with Crippen molar-refractivity contribution in [2.45, 2.75) is 36.1 Å². The molecule has 1 N–H and O–H groups in total. The van der Waals surface area contributed by atoms with E-state index in [0.29, 0.717) is 37.6 Å². The number of benzene rings is 1. The number of sulfonamides is 1. The van der Waals surface area contributed by atoms with Gasteiger partial charge in [-0.05, 0) is 37.8 Å². The summed E-state index contributed by atoms with van der Waals surface area (Å²) < 4.78 is 52.6. The minimum atomic E-state index is -4.04. The number of methoxy groups -OCH3 is 1. The van der Waals surface area contributed by atoms with Gasteiger partial charge in [-0.1, -0.05) is 17.3 Å². The summed E-state index contributed by atoms with van der Waals surface area (Å²) in [7, 11) is -2.58. The minimum absolute atomic E-state index is 0.0327. The fraction of sp³-hybridized carbons (Fsp3) is 0.526. The van der Waals surface area contributed by atoms with Crippen LogP contribution in [0.3, 0.4) is 0 Å². The molecule has 0 spiro atoms. The van der Waals surface area contributed by atoms with Crippen LogP contribution in [0.15, 0.2) is 33.7 Å². The number of ether oxygens (including phenoxy) is 1. The lowest BCUT2D eigenvalue weighted by molar-refractivity contribution is -0.134. The Morgan fingerprint density at radius 1 is 1.43 bits per heavy atom. The molecule has 3 atom stereocenters. The fourth-order valence-corrected chi connectivity index (χ4v) is 5.97. The smallest absolute Gasteiger partial charge is 0.248 e. The second-order valence-corrected chi connectivity index (χ2v) is 9.58. The molecular formula is C19H23FN4O5S. The van der Waals surface area contributed by atoms with Crippen molar-refractivity contribution in [2.75, 3.05) is 26.8 Å². The molecule has 2 heterocycles. The van der Waals surface area contributed by atoms with Crippen molar-refractivity contribution in [3.8, 4) is 0 Å². The Morgan fingerprint density at radius 2 is 2.20 bits per heavy atom. The molecule has 0 bridgehead atoms. The molecule has 1 aromatic heterocycles. The molecule has 2 aliphatic rings. The normalized spacial score (nSPS) is 26.2. The third-order valence-corrected chi connectivity index (χ3v) is 7.45. The van der Waals surface area contributed by atoms with Crippen molar-refractivity contribution in [1.29, 1.82) is 0 Å². The molecule has 1 saturated heterocycles. The van der Waals surface area contributed by atoms with E-state index in [4.69, 9.17) is 9.26 Å². The number of likely N-dealkylation sites (tertiary alicyclic amines) is 1. The second-order valence-electron chi connectivity index (χ2n) is 7.90. The Balaban J connectivity index is 1.60. The molecule has 1 amide bonds. The first-order chi connectivity index (χ1) is 14.2. The molecular weight excluding hydrogens is 415 g/mol. The SMILES string of the molecule is COCC(=O)N1C[C@@H]2C[C@@H](NS(=O)(=O)c3ccccc3F)C[C@]2(c2nc(C)no2)C1. The van der Waals surface area contributed by atoms with Crippen molar-refractivity contribution in [2.24, 2.45) is 5.92 Å². The molecule has 9 nitrogen and oxygen atoms in total. The number of hydrogen-bond donors (Lipinski definition) is 1. The summed E-state index contributed by atoms with van der Waals surface area (Å²) >= 11 is 0. The monoisotopic (exact) mass is 438 g/mol. The van der Waals surface area contributed by atoms with Crippen LogP contribution in [0.1, 0.15) is 24.6 Å². The van der Waals surface area contributed by atoms with E-state index in [9.17, 15) is 17.6 Å². The Bertz CT molecular complexity index is 1060. The maximum Gasteiger partial charge on any atom is 0.248 e. The van der Waals surface area contributed by atoms with E-state index in [2.05, 4.69) is 14.9 Å². The molecule has 1 aliphatic heterocycles. The zero-order valence-corrected chi connectivity index (χ0v) is 17.5. The quantitative estimate of drug-likeness (QED) is 0.716. The molecule has 2 fully saturated rings. The summed E-state index contributed by atoms with van der Waals surface area (Å²) in [5.74, 6) is -0.167. The molecule has 162 valence electrons. The Labute approximate surface area is 173 Å². The molecule has 30 heavy (non-hydrogen) atoms. The maximum atomic E-state index is 14.0. The lowest BCUT2D eigenvalue weighted by Gasteiger charge is -2.25. The van der Waals surface area contributed by atoms with Gasteiger partial charge in [0.15, 0.2) is 5.82 Å². The number of aromatic nitrogens is 2. The predicted octanol–water partition coefficient (Wildman–Crippen LogP) is 1.00. The lowest BCUT2D eigenvalue weighted by Crippen LogP contribution is -2.40. The van der Waals surface area contributed by atoms with E-state index < -0.39 is 27.3 Å². The van der Waals surface area contributed by atoms with Crippen molar-refractivity contribution >= 4 is 15.9 Å². The summed E-state index contributed by atoms with van der Waals surface area (Å²) in [6, 6.07) is 4.80. The van der Waals surface area contributed by atoms with Crippen LogP contribution in [0.2, 0.25) is 0 Å². The van der Waals surface area contributed by atoms with Crippen LogP contribution in [0.4, 0.5) is 4.39 Å². The number of amides is 1. The first-order valence-corrected chi connectivity index (χ1v) is 11.1. The molecule has 1 aromatic carbocycles. The highest BCUT2D eigenvalue weighted by atomic mass is 32.2. The summed E-state index contributed by atoms with van der Waals surface area (Å²) in [5, 5.41) is 3.88. The predicted molar refractivity (Wildman–Crippen MR) is 102 cm³/mol. The lowest BCUT2D eigenvalue weighted by atomic mass is 9.80. The van der Waals surface area contributed by atoms with E-state index in [0.717, 1.165) is 6.07 Å². The second kappa shape index (κ2) is 7.71. The first-order valence-electron chi connectivity index (χ1n) is 9.59. The number of nitrogens with one attached hydrogen (secondary N) is 1. The van der Waals surface area contributed by atoms with Gasteiger partial charge in [-0.2, -0.15) is 4.98 Å². The van der Waals surface area contributed by atoms with E-state index in [1.807, 2.05) is 0 Å². The van der Waals surface area contributed by atoms with E-state index in [1.54, 1.807) is 11.8 Å². The highest BCUT2D eigenvalue weighted by molar-refractivity contribution is 7.89. The van der Waals surface area contributed by atoms with E-state index >= 15 is 0 Å². The van der Waals surface area contributed by atoms with E-state index in [1.165, 1.54) is 25.3 Å². The summed E-state index contributed by atoms with van der Waals surface area (Å²) in [5.41, 5.74) is -0.660. The molecule has 1 saturated carbocycles. The zero-order valence-electron chi connectivity index (χ0n) is 16.7. The fourth-order valence-electron chi connectivity index (χ4n) is 4.64. The third-order valence-electron chi connectivity index (χ3n) is 5.90. The van der Waals surface area contributed by atoms with E-state index in [-0.39, 0.29) is 23.3 Å². The zero-order chi connectivity index (χ0) is 21.5. The molecule has 2 aromatic rings. The number of nitrogens with zero attached hydrogens (tertiary/aromatic N) is 3. The number of hydrogen-bond acceptors (Lipinski definition) is 7. The molecule has 0 radical (unpaired) electrons.